The van der Waals surface area contributed by atoms with E-state index in [0.717, 1.165) is 60.4 Å². The maximum absolute atomic E-state index is 6.20. The Morgan fingerprint density at radius 3 is 3.20 bits per heavy atom. The fourth-order valence-corrected chi connectivity index (χ4v) is 4.26. The first-order valence-corrected chi connectivity index (χ1v) is 9.71. The number of halogens is 1. The monoisotopic (exact) mass is 376 g/mol. The zero-order valence-corrected chi connectivity index (χ0v) is 15.7. The number of fused-ring (bicyclic) bond motifs is 2. The van der Waals surface area contributed by atoms with Crippen molar-refractivity contribution in [3.8, 4) is 0 Å². The molecule has 2 aliphatic heterocycles. The number of aliphatic imine (C=N–C) groups is 1. The Morgan fingerprint density at radius 1 is 1.40 bits per heavy atom. The van der Waals surface area contributed by atoms with E-state index in [1.807, 2.05) is 18.2 Å². The molecule has 132 valence electrons. The van der Waals surface area contributed by atoms with Crippen LogP contribution in [-0.4, -0.2) is 50.1 Å². The average molecular weight is 377 g/mol. The molecule has 2 aliphatic rings. The number of hydrogen-bond acceptors (Lipinski definition) is 6. The van der Waals surface area contributed by atoms with Gasteiger partial charge in [-0.25, -0.2) is 4.99 Å². The molecule has 4 rings (SSSR count). The highest BCUT2D eigenvalue weighted by Gasteiger charge is 2.26. The van der Waals surface area contributed by atoms with Gasteiger partial charge in [-0.3, -0.25) is 0 Å². The molecule has 3 heterocycles. The fourth-order valence-electron chi connectivity index (χ4n) is 3.29. The molecule has 0 amide bonds. The molecule has 2 N–H and O–H groups in total. The Hall–Kier alpha value is -1.60. The number of nitrogens with one attached hydrogen (secondary N) is 2. The highest BCUT2D eigenvalue weighted by atomic mass is 35.5. The topological polar surface area (TPSA) is 48.9 Å². The molecule has 0 aliphatic carbocycles. The summed E-state index contributed by atoms with van der Waals surface area (Å²) in [6.45, 7) is 3.57. The smallest absolute Gasteiger partial charge is 0.139 e. The second-order valence-corrected chi connectivity index (χ2v) is 7.62. The number of ether oxygens (including phenoxy) is 1. The predicted molar refractivity (Wildman–Crippen MR) is 105 cm³/mol. The van der Waals surface area contributed by atoms with Gasteiger partial charge in [0, 0.05) is 44.4 Å². The minimum atomic E-state index is 0.411. The summed E-state index contributed by atoms with van der Waals surface area (Å²) >= 11 is 7.90. The Balaban J connectivity index is 1.69. The van der Waals surface area contributed by atoms with Crippen LogP contribution in [0.15, 0.2) is 34.6 Å². The summed E-state index contributed by atoms with van der Waals surface area (Å²) in [7, 11) is 1.75. The molecule has 25 heavy (non-hydrogen) atoms. The normalized spacial score (nSPS) is 19.5. The molecule has 1 aromatic heterocycles. The van der Waals surface area contributed by atoms with Crippen molar-refractivity contribution in [1.82, 2.24) is 10.2 Å². The number of benzene rings is 1. The number of hydrogen-bond donors (Lipinski definition) is 2. The van der Waals surface area contributed by atoms with E-state index >= 15 is 0 Å². The summed E-state index contributed by atoms with van der Waals surface area (Å²) in [5.41, 5.74) is 3.04. The third-order valence-electron chi connectivity index (χ3n) is 4.57. The van der Waals surface area contributed by atoms with Crippen molar-refractivity contribution in [2.75, 3.05) is 38.7 Å². The van der Waals surface area contributed by atoms with Crippen molar-refractivity contribution < 1.29 is 4.74 Å². The van der Waals surface area contributed by atoms with Crippen molar-refractivity contribution >= 4 is 45.1 Å². The van der Waals surface area contributed by atoms with Crippen LogP contribution in [0.4, 0.5) is 16.4 Å². The molecule has 1 aromatic carbocycles. The summed E-state index contributed by atoms with van der Waals surface area (Å²) in [4.78, 5) is 7.37. The molecule has 1 atom stereocenters. The van der Waals surface area contributed by atoms with Crippen molar-refractivity contribution in [3.05, 3.63) is 40.2 Å². The number of methoxy groups -OCH3 is 1. The highest BCUT2D eigenvalue weighted by molar-refractivity contribution is 7.14. The van der Waals surface area contributed by atoms with Crippen LogP contribution in [0.2, 0.25) is 5.02 Å². The van der Waals surface area contributed by atoms with Crippen LogP contribution in [0.5, 0.6) is 0 Å². The van der Waals surface area contributed by atoms with E-state index in [4.69, 9.17) is 21.3 Å². The lowest BCUT2D eigenvalue weighted by Crippen LogP contribution is -2.53. The van der Waals surface area contributed by atoms with Crippen LogP contribution >= 0.6 is 22.9 Å². The molecule has 7 heteroatoms. The second kappa shape index (κ2) is 7.33. The van der Waals surface area contributed by atoms with Crippen LogP contribution in [0.3, 0.4) is 0 Å². The molecule has 1 unspecified atom stereocenters. The first-order valence-electron chi connectivity index (χ1n) is 8.45. The van der Waals surface area contributed by atoms with Gasteiger partial charge in [-0.05, 0) is 36.1 Å². The van der Waals surface area contributed by atoms with Crippen LogP contribution < -0.4 is 10.6 Å². The van der Waals surface area contributed by atoms with E-state index in [1.165, 1.54) is 0 Å². The van der Waals surface area contributed by atoms with Crippen molar-refractivity contribution in [3.63, 3.8) is 0 Å². The molecule has 1 fully saturated rings. The minimum absolute atomic E-state index is 0.411. The Morgan fingerprint density at radius 2 is 2.32 bits per heavy atom. The third kappa shape index (κ3) is 3.53. The van der Waals surface area contributed by atoms with E-state index in [-0.39, 0.29) is 0 Å². The first-order chi connectivity index (χ1) is 12.2. The molecule has 2 aromatic rings. The molecule has 5 nitrogen and oxygen atoms in total. The number of thiophene rings is 1. The van der Waals surface area contributed by atoms with Crippen molar-refractivity contribution in [2.24, 2.45) is 4.99 Å². The average Bonchev–Trinajstić information content (AvgIpc) is 3.02. The van der Waals surface area contributed by atoms with E-state index in [9.17, 15) is 0 Å². The van der Waals surface area contributed by atoms with Gasteiger partial charge in [0.05, 0.1) is 16.9 Å². The van der Waals surface area contributed by atoms with Gasteiger partial charge in [0.1, 0.15) is 10.8 Å². The lowest BCUT2D eigenvalue weighted by atomic mass is 10.1. The SMILES string of the molecule is COCCC1CN(C2=Nc3cc(Cl)ccc3Nc3sccc32)CCN1. The number of nitrogens with zero attached hydrogens (tertiary/aromatic N) is 2. The Bertz CT molecular complexity index is 791. The zero-order chi connectivity index (χ0) is 17.2. The standard InChI is InChI=1S/C18H21ClN4OS/c1-24-8-4-13-11-23(7-6-20-13)17-14-5-9-25-18(14)22-15-3-2-12(19)10-16(15)21-17/h2-3,5,9-10,13,20,22H,4,6-8,11H2,1H3. The number of piperazine rings is 1. The van der Waals surface area contributed by atoms with Crippen LogP contribution in [0.1, 0.15) is 12.0 Å². The van der Waals surface area contributed by atoms with Crippen molar-refractivity contribution in [2.45, 2.75) is 12.5 Å². The van der Waals surface area contributed by atoms with E-state index in [0.29, 0.717) is 11.1 Å². The second-order valence-electron chi connectivity index (χ2n) is 6.26. The maximum atomic E-state index is 6.20. The molecule has 0 spiro atoms. The zero-order valence-electron chi connectivity index (χ0n) is 14.1. The summed E-state index contributed by atoms with van der Waals surface area (Å²) in [6, 6.07) is 8.37. The van der Waals surface area contributed by atoms with Crippen molar-refractivity contribution in [1.29, 1.82) is 0 Å². The van der Waals surface area contributed by atoms with E-state index in [1.54, 1.807) is 18.4 Å². The molecule has 0 radical (unpaired) electrons. The molecule has 1 saturated heterocycles. The van der Waals surface area contributed by atoms with Crippen LogP contribution in [-0.2, 0) is 4.74 Å². The predicted octanol–water partition coefficient (Wildman–Crippen LogP) is 3.85. The van der Waals surface area contributed by atoms with Gasteiger partial charge >= 0.3 is 0 Å². The number of amidine groups is 1. The lowest BCUT2D eigenvalue weighted by Gasteiger charge is -2.35. The van der Waals surface area contributed by atoms with Gasteiger partial charge in [0.25, 0.3) is 0 Å². The quantitative estimate of drug-likeness (QED) is 0.854. The highest BCUT2D eigenvalue weighted by Crippen LogP contribution is 2.38. The molecule has 0 bridgehead atoms. The summed E-state index contributed by atoms with van der Waals surface area (Å²) < 4.78 is 5.24. The number of rotatable bonds is 3. The summed E-state index contributed by atoms with van der Waals surface area (Å²) in [5.74, 6) is 1.02. The fraction of sp³-hybridized carbons (Fsp3) is 0.389. The van der Waals surface area contributed by atoms with E-state index in [2.05, 4.69) is 27.0 Å². The number of anilines is 2. The largest absolute Gasteiger partial charge is 0.385 e. The van der Waals surface area contributed by atoms with Crippen LogP contribution in [0.25, 0.3) is 0 Å². The van der Waals surface area contributed by atoms with Crippen LogP contribution in [0, 0.1) is 0 Å². The van der Waals surface area contributed by atoms with Gasteiger partial charge in [-0.1, -0.05) is 11.6 Å². The summed E-state index contributed by atoms with van der Waals surface area (Å²) in [6.07, 6.45) is 0.997. The summed E-state index contributed by atoms with van der Waals surface area (Å²) in [5, 5.41) is 11.0. The Labute approximate surface area is 156 Å². The third-order valence-corrected chi connectivity index (χ3v) is 5.63. The van der Waals surface area contributed by atoms with Gasteiger partial charge in [0.15, 0.2) is 0 Å². The lowest BCUT2D eigenvalue weighted by molar-refractivity contribution is 0.168. The molecular formula is C18H21ClN4OS. The van der Waals surface area contributed by atoms with Gasteiger partial charge in [-0.2, -0.15) is 0 Å². The van der Waals surface area contributed by atoms with Gasteiger partial charge in [-0.15, -0.1) is 11.3 Å². The first kappa shape index (κ1) is 16.8. The Kier molecular flexibility index (Phi) is 4.94. The molecule has 0 saturated carbocycles. The van der Waals surface area contributed by atoms with E-state index < -0.39 is 0 Å². The van der Waals surface area contributed by atoms with Gasteiger partial charge < -0.3 is 20.3 Å². The minimum Gasteiger partial charge on any atom is -0.385 e. The van der Waals surface area contributed by atoms with Gasteiger partial charge in [0.2, 0.25) is 0 Å². The molecular weight excluding hydrogens is 356 g/mol. The maximum Gasteiger partial charge on any atom is 0.139 e.